The zero-order valence-corrected chi connectivity index (χ0v) is 13.3. The van der Waals surface area contributed by atoms with Gasteiger partial charge in [-0.05, 0) is 64.0 Å². The maximum Gasteiger partial charge on any atom is 0.0332 e. The van der Waals surface area contributed by atoms with Gasteiger partial charge in [-0.2, -0.15) is 0 Å². The molecule has 2 N–H and O–H groups in total. The van der Waals surface area contributed by atoms with Crippen LogP contribution in [0.25, 0.3) is 0 Å². The molecule has 1 unspecified atom stereocenters. The second kappa shape index (κ2) is 6.33. The van der Waals surface area contributed by atoms with Gasteiger partial charge in [-0.15, -0.1) is 0 Å². The van der Waals surface area contributed by atoms with Crippen LogP contribution < -0.4 is 5.73 Å². The van der Waals surface area contributed by atoms with E-state index < -0.39 is 0 Å². The molecule has 2 saturated heterocycles. The van der Waals surface area contributed by atoms with E-state index in [1.54, 1.807) is 0 Å². The molecule has 0 aromatic rings. The number of hydrogen-bond acceptors (Lipinski definition) is 3. The maximum atomic E-state index is 6.29. The van der Waals surface area contributed by atoms with Gasteiger partial charge < -0.3 is 5.73 Å². The van der Waals surface area contributed by atoms with Crippen LogP contribution in [-0.2, 0) is 0 Å². The van der Waals surface area contributed by atoms with Crippen LogP contribution in [0.3, 0.4) is 0 Å². The van der Waals surface area contributed by atoms with Gasteiger partial charge in [-0.3, -0.25) is 9.80 Å². The molecule has 0 amide bonds. The molecule has 0 bridgehead atoms. The zero-order chi connectivity index (χ0) is 14.0. The Kier molecular flexibility index (Phi) is 4.68. The average molecular weight is 279 g/mol. The smallest absolute Gasteiger partial charge is 0.0332 e. The lowest BCUT2D eigenvalue weighted by molar-refractivity contribution is 0.0364. The molecule has 0 aromatic heterocycles. The number of hydrogen-bond donors (Lipinski definition) is 1. The van der Waals surface area contributed by atoms with Crippen LogP contribution >= 0.6 is 0 Å². The van der Waals surface area contributed by atoms with E-state index in [-0.39, 0.29) is 0 Å². The van der Waals surface area contributed by atoms with E-state index in [2.05, 4.69) is 16.7 Å². The largest absolute Gasteiger partial charge is 0.329 e. The number of fused-ring (bicyclic) bond motifs is 1. The predicted molar refractivity (Wildman–Crippen MR) is 84.8 cm³/mol. The number of rotatable bonds is 3. The van der Waals surface area contributed by atoms with Gasteiger partial charge in [0.2, 0.25) is 0 Å². The first-order chi connectivity index (χ1) is 9.77. The van der Waals surface area contributed by atoms with Crippen LogP contribution in [0.2, 0.25) is 0 Å². The Morgan fingerprint density at radius 1 is 1.05 bits per heavy atom. The molecule has 0 aromatic carbocycles. The molecule has 1 saturated carbocycles. The van der Waals surface area contributed by atoms with Crippen molar-refractivity contribution in [2.24, 2.45) is 11.7 Å². The first kappa shape index (κ1) is 14.8. The first-order valence-electron chi connectivity index (χ1n) is 8.96. The maximum absolute atomic E-state index is 6.29. The van der Waals surface area contributed by atoms with Gasteiger partial charge >= 0.3 is 0 Å². The van der Waals surface area contributed by atoms with Crippen molar-refractivity contribution in [3.05, 3.63) is 0 Å². The summed E-state index contributed by atoms with van der Waals surface area (Å²) in [5, 5.41) is 0. The van der Waals surface area contributed by atoms with Gasteiger partial charge in [0, 0.05) is 31.2 Å². The highest BCUT2D eigenvalue weighted by molar-refractivity contribution is 4.99. The molecule has 20 heavy (non-hydrogen) atoms. The highest BCUT2D eigenvalue weighted by atomic mass is 15.3. The van der Waals surface area contributed by atoms with Crippen molar-refractivity contribution in [2.75, 3.05) is 32.7 Å². The normalized spacial score (nSPS) is 40.5. The Labute approximate surface area is 124 Å². The molecule has 2 heterocycles. The van der Waals surface area contributed by atoms with E-state index in [9.17, 15) is 0 Å². The molecule has 3 nitrogen and oxygen atoms in total. The van der Waals surface area contributed by atoms with Crippen LogP contribution in [0, 0.1) is 5.92 Å². The third-order valence-electron chi connectivity index (χ3n) is 6.47. The summed E-state index contributed by atoms with van der Waals surface area (Å²) in [5.41, 5.74) is 6.63. The van der Waals surface area contributed by atoms with Crippen molar-refractivity contribution in [1.82, 2.24) is 9.80 Å². The summed E-state index contributed by atoms with van der Waals surface area (Å²) in [5.74, 6) is 0.963. The first-order valence-corrected chi connectivity index (χ1v) is 8.96. The van der Waals surface area contributed by atoms with Gasteiger partial charge in [0.15, 0.2) is 0 Å². The molecule has 0 radical (unpaired) electrons. The minimum atomic E-state index is 0.338. The highest BCUT2D eigenvalue weighted by Gasteiger charge is 2.41. The summed E-state index contributed by atoms with van der Waals surface area (Å²) >= 11 is 0. The fraction of sp³-hybridized carbons (Fsp3) is 1.00. The molecule has 3 heteroatoms. The molecule has 1 atom stereocenters. The van der Waals surface area contributed by atoms with Crippen molar-refractivity contribution < 1.29 is 0 Å². The van der Waals surface area contributed by atoms with Gasteiger partial charge in [0.1, 0.15) is 0 Å². The lowest BCUT2D eigenvalue weighted by Gasteiger charge is -2.48. The van der Waals surface area contributed by atoms with E-state index in [0.29, 0.717) is 5.54 Å². The van der Waals surface area contributed by atoms with Gasteiger partial charge in [-0.25, -0.2) is 0 Å². The van der Waals surface area contributed by atoms with E-state index in [0.717, 1.165) is 18.5 Å². The number of nitrogens with two attached hydrogens (primary N) is 1. The minimum Gasteiger partial charge on any atom is -0.329 e. The van der Waals surface area contributed by atoms with Crippen molar-refractivity contribution >= 4 is 0 Å². The zero-order valence-electron chi connectivity index (χ0n) is 13.3. The molecule has 3 fully saturated rings. The topological polar surface area (TPSA) is 32.5 Å². The van der Waals surface area contributed by atoms with Crippen molar-refractivity contribution in [3.63, 3.8) is 0 Å². The molecular weight excluding hydrogens is 246 g/mol. The fourth-order valence-corrected chi connectivity index (χ4v) is 4.91. The summed E-state index contributed by atoms with van der Waals surface area (Å²) in [7, 11) is 0. The standard InChI is InChI=1S/C17H33N3/c1-2-15-6-8-17(14-18,9-7-15)20-12-4-11-19-10-3-5-16(19)13-20/h15-16H,2-14,18H2,1H3. The minimum absolute atomic E-state index is 0.338. The summed E-state index contributed by atoms with van der Waals surface area (Å²) in [6.45, 7) is 8.44. The Bertz CT molecular complexity index is 309. The third-order valence-corrected chi connectivity index (χ3v) is 6.47. The van der Waals surface area contributed by atoms with Gasteiger partial charge in [0.05, 0.1) is 0 Å². The van der Waals surface area contributed by atoms with E-state index in [1.807, 2.05) is 0 Å². The Balaban J connectivity index is 1.68. The SMILES string of the molecule is CCC1CCC(CN)(N2CCCN3CCCC3C2)CC1. The van der Waals surface area contributed by atoms with Crippen LogP contribution in [-0.4, -0.2) is 54.1 Å². The molecule has 116 valence electrons. The van der Waals surface area contributed by atoms with Gasteiger partial charge in [0.25, 0.3) is 0 Å². The summed E-state index contributed by atoms with van der Waals surface area (Å²) < 4.78 is 0. The monoisotopic (exact) mass is 279 g/mol. The Morgan fingerprint density at radius 2 is 1.80 bits per heavy atom. The van der Waals surface area contributed by atoms with E-state index in [1.165, 1.54) is 77.5 Å². The predicted octanol–water partition coefficient (Wildman–Crippen LogP) is 2.45. The second-order valence-electron chi connectivity index (χ2n) is 7.41. The summed E-state index contributed by atoms with van der Waals surface area (Å²) in [4.78, 5) is 5.55. The van der Waals surface area contributed by atoms with Crippen molar-refractivity contribution in [1.29, 1.82) is 0 Å². The molecule has 3 aliphatic rings. The average Bonchev–Trinajstić information content (AvgIpc) is 2.84. The highest BCUT2D eigenvalue weighted by Crippen LogP contribution is 2.38. The quantitative estimate of drug-likeness (QED) is 0.861. The molecule has 1 aliphatic carbocycles. The van der Waals surface area contributed by atoms with Gasteiger partial charge in [-0.1, -0.05) is 13.3 Å². The van der Waals surface area contributed by atoms with Crippen LogP contribution in [0.1, 0.15) is 58.3 Å². The van der Waals surface area contributed by atoms with E-state index >= 15 is 0 Å². The molecule has 0 spiro atoms. The second-order valence-corrected chi connectivity index (χ2v) is 7.41. The summed E-state index contributed by atoms with van der Waals surface area (Å²) in [6, 6.07) is 0.824. The van der Waals surface area contributed by atoms with Crippen LogP contribution in [0.4, 0.5) is 0 Å². The molecular formula is C17H33N3. The van der Waals surface area contributed by atoms with Crippen LogP contribution in [0.15, 0.2) is 0 Å². The fourth-order valence-electron chi connectivity index (χ4n) is 4.91. The summed E-state index contributed by atoms with van der Waals surface area (Å²) in [6.07, 6.45) is 11.0. The molecule has 2 aliphatic heterocycles. The molecule has 3 rings (SSSR count). The Hall–Kier alpha value is -0.120. The lowest BCUT2D eigenvalue weighted by atomic mass is 9.74. The van der Waals surface area contributed by atoms with E-state index in [4.69, 9.17) is 5.73 Å². The van der Waals surface area contributed by atoms with Crippen LogP contribution in [0.5, 0.6) is 0 Å². The van der Waals surface area contributed by atoms with Crippen molar-refractivity contribution in [3.8, 4) is 0 Å². The number of nitrogens with zero attached hydrogens (tertiary/aromatic N) is 2. The van der Waals surface area contributed by atoms with Crippen molar-refractivity contribution in [2.45, 2.75) is 69.9 Å². The lowest BCUT2D eigenvalue weighted by Crippen LogP contribution is -2.57. The third kappa shape index (κ3) is 2.77. The Morgan fingerprint density at radius 3 is 2.50 bits per heavy atom.